The van der Waals surface area contributed by atoms with Gasteiger partial charge in [0.15, 0.2) is 11.6 Å². The van der Waals surface area contributed by atoms with E-state index in [2.05, 4.69) is 0 Å². The molecule has 0 aliphatic rings. The zero-order valence-electron chi connectivity index (χ0n) is 15.4. The van der Waals surface area contributed by atoms with Gasteiger partial charge in [0.2, 0.25) is 5.91 Å². The average molecular weight is 389 g/mol. The SMILES string of the molecule is CCOc1ccc(C=CC(=O)N(CCC(=O)O)Cc2cccc(F)c2F)cc1. The third-order valence-electron chi connectivity index (χ3n) is 3.91. The molecule has 0 aliphatic carbocycles. The van der Waals surface area contributed by atoms with Gasteiger partial charge in [-0.1, -0.05) is 24.3 Å². The minimum atomic E-state index is -1.09. The second kappa shape index (κ2) is 10.2. The Hall–Kier alpha value is -3.22. The van der Waals surface area contributed by atoms with Gasteiger partial charge in [-0.25, -0.2) is 8.78 Å². The zero-order chi connectivity index (χ0) is 20.5. The number of aliphatic carboxylic acids is 1. The molecule has 7 heteroatoms. The molecule has 0 heterocycles. The third kappa shape index (κ3) is 6.19. The van der Waals surface area contributed by atoms with Crippen molar-refractivity contribution in [2.24, 2.45) is 0 Å². The molecular formula is C21H21F2NO4. The molecule has 2 aromatic carbocycles. The molecule has 1 amide bonds. The van der Waals surface area contributed by atoms with Gasteiger partial charge in [-0.15, -0.1) is 0 Å². The van der Waals surface area contributed by atoms with Crippen LogP contribution in [0.15, 0.2) is 48.5 Å². The van der Waals surface area contributed by atoms with Crippen LogP contribution in [0.3, 0.4) is 0 Å². The van der Waals surface area contributed by atoms with Gasteiger partial charge < -0.3 is 14.7 Å². The molecule has 0 saturated heterocycles. The minimum Gasteiger partial charge on any atom is -0.494 e. The van der Waals surface area contributed by atoms with Crippen molar-refractivity contribution in [2.45, 2.75) is 19.9 Å². The largest absolute Gasteiger partial charge is 0.494 e. The van der Waals surface area contributed by atoms with E-state index in [1.54, 1.807) is 30.3 Å². The Morgan fingerprint density at radius 1 is 1.14 bits per heavy atom. The first-order valence-electron chi connectivity index (χ1n) is 8.75. The van der Waals surface area contributed by atoms with Crippen LogP contribution in [0.5, 0.6) is 5.75 Å². The van der Waals surface area contributed by atoms with Crippen molar-refractivity contribution >= 4 is 18.0 Å². The highest BCUT2D eigenvalue weighted by Crippen LogP contribution is 2.16. The molecule has 0 radical (unpaired) electrons. The summed E-state index contributed by atoms with van der Waals surface area (Å²) in [7, 11) is 0. The van der Waals surface area contributed by atoms with E-state index in [9.17, 15) is 18.4 Å². The van der Waals surface area contributed by atoms with Crippen LogP contribution >= 0.6 is 0 Å². The zero-order valence-corrected chi connectivity index (χ0v) is 15.4. The first-order valence-corrected chi connectivity index (χ1v) is 8.75. The van der Waals surface area contributed by atoms with Crippen molar-refractivity contribution in [1.82, 2.24) is 4.90 Å². The van der Waals surface area contributed by atoms with E-state index in [4.69, 9.17) is 9.84 Å². The second-order valence-electron chi connectivity index (χ2n) is 5.95. The smallest absolute Gasteiger partial charge is 0.305 e. The van der Waals surface area contributed by atoms with Crippen molar-refractivity contribution in [3.05, 3.63) is 71.3 Å². The highest BCUT2D eigenvalue weighted by Gasteiger charge is 2.16. The molecule has 2 aromatic rings. The lowest BCUT2D eigenvalue weighted by atomic mass is 10.1. The normalized spacial score (nSPS) is 10.8. The molecule has 0 unspecified atom stereocenters. The van der Waals surface area contributed by atoms with Gasteiger partial charge in [-0.05, 0) is 36.8 Å². The van der Waals surface area contributed by atoms with Crippen LogP contribution in [0.25, 0.3) is 6.08 Å². The molecular weight excluding hydrogens is 368 g/mol. The summed E-state index contributed by atoms with van der Waals surface area (Å²) in [4.78, 5) is 24.5. The number of halogens is 2. The molecule has 1 N–H and O–H groups in total. The third-order valence-corrected chi connectivity index (χ3v) is 3.91. The summed E-state index contributed by atoms with van der Waals surface area (Å²) in [5, 5.41) is 8.88. The van der Waals surface area contributed by atoms with Gasteiger partial charge in [0.1, 0.15) is 5.75 Å². The first-order chi connectivity index (χ1) is 13.4. The molecule has 0 atom stereocenters. The number of amides is 1. The minimum absolute atomic E-state index is 0.0202. The van der Waals surface area contributed by atoms with Crippen LogP contribution in [0.4, 0.5) is 8.78 Å². The summed E-state index contributed by atoms with van der Waals surface area (Å²) in [5.41, 5.74) is 0.722. The predicted molar refractivity (Wildman–Crippen MR) is 101 cm³/mol. The summed E-state index contributed by atoms with van der Waals surface area (Å²) >= 11 is 0. The number of hydrogen-bond acceptors (Lipinski definition) is 3. The number of rotatable bonds is 9. The van der Waals surface area contributed by atoms with Gasteiger partial charge in [0, 0.05) is 24.7 Å². The summed E-state index contributed by atoms with van der Waals surface area (Å²) in [6.07, 6.45) is 2.53. The molecule has 2 rings (SSSR count). The monoisotopic (exact) mass is 389 g/mol. The van der Waals surface area contributed by atoms with Gasteiger partial charge in [0.25, 0.3) is 0 Å². The lowest BCUT2D eigenvalue weighted by Crippen LogP contribution is -2.31. The lowest BCUT2D eigenvalue weighted by Gasteiger charge is -2.21. The summed E-state index contributed by atoms with van der Waals surface area (Å²) < 4.78 is 32.7. The van der Waals surface area contributed by atoms with Crippen molar-refractivity contribution in [2.75, 3.05) is 13.2 Å². The number of carboxylic acid groups (broad SMARTS) is 1. The van der Waals surface area contributed by atoms with Crippen LogP contribution in [0.2, 0.25) is 0 Å². The van der Waals surface area contributed by atoms with Crippen molar-refractivity contribution in [3.63, 3.8) is 0 Å². The van der Waals surface area contributed by atoms with Crippen LogP contribution in [-0.4, -0.2) is 35.0 Å². The van der Waals surface area contributed by atoms with Crippen LogP contribution < -0.4 is 4.74 Å². The van der Waals surface area contributed by atoms with Gasteiger partial charge in [-0.3, -0.25) is 9.59 Å². The Balaban J connectivity index is 2.13. The van der Waals surface area contributed by atoms with Crippen LogP contribution in [0, 0.1) is 11.6 Å². The molecule has 0 bridgehead atoms. The van der Waals surface area contributed by atoms with E-state index in [1.807, 2.05) is 6.92 Å². The first kappa shape index (κ1) is 21.1. The van der Waals surface area contributed by atoms with Crippen LogP contribution in [-0.2, 0) is 16.1 Å². The molecule has 0 saturated carbocycles. The maximum absolute atomic E-state index is 13.9. The molecule has 0 aromatic heterocycles. The van der Waals surface area contributed by atoms with E-state index in [-0.39, 0.29) is 25.1 Å². The van der Waals surface area contributed by atoms with E-state index >= 15 is 0 Å². The molecule has 148 valence electrons. The number of nitrogens with zero attached hydrogens (tertiary/aromatic N) is 1. The molecule has 0 fully saturated rings. The van der Waals surface area contributed by atoms with Gasteiger partial charge in [0.05, 0.1) is 13.0 Å². The van der Waals surface area contributed by atoms with Crippen molar-refractivity contribution in [1.29, 1.82) is 0 Å². The number of carboxylic acids is 1. The maximum atomic E-state index is 13.9. The Morgan fingerprint density at radius 2 is 1.86 bits per heavy atom. The van der Waals surface area contributed by atoms with E-state index in [0.717, 1.165) is 16.5 Å². The number of hydrogen-bond donors (Lipinski definition) is 1. The highest BCUT2D eigenvalue weighted by molar-refractivity contribution is 5.92. The number of benzene rings is 2. The standard InChI is InChI=1S/C21H21F2NO4/c1-2-28-17-9-6-15(7-10-17)8-11-19(25)24(13-12-20(26)27)14-16-4-3-5-18(22)21(16)23/h3-11H,2,12-14H2,1H3,(H,26,27). The fraction of sp³-hybridized carbons (Fsp3) is 0.238. The lowest BCUT2D eigenvalue weighted by molar-refractivity contribution is -0.138. The number of carbonyl (C=O) groups excluding carboxylic acids is 1. The van der Waals surface area contributed by atoms with Gasteiger partial charge in [-0.2, -0.15) is 0 Å². The number of ether oxygens (including phenoxy) is 1. The highest BCUT2D eigenvalue weighted by atomic mass is 19.2. The Labute approximate surface area is 161 Å². The summed E-state index contributed by atoms with van der Waals surface area (Å²) in [5.74, 6) is -2.96. The fourth-order valence-electron chi connectivity index (χ4n) is 2.49. The van der Waals surface area contributed by atoms with E-state index < -0.39 is 23.5 Å². The Kier molecular flexibility index (Phi) is 7.68. The summed E-state index contributed by atoms with van der Waals surface area (Å²) in [6, 6.07) is 10.7. The Bertz CT molecular complexity index is 850. The van der Waals surface area contributed by atoms with E-state index in [1.165, 1.54) is 18.2 Å². The molecule has 5 nitrogen and oxygen atoms in total. The van der Waals surface area contributed by atoms with Crippen molar-refractivity contribution in [3.8, 4) is 5.75 Å². The average Bonchev–Trinajstić information content (AvgIpc) is 2.67. The van der Waals surface area contributed by atoms with Crippen LogP contribution in [0.1, 0.15) is 24.5 Å². The van der Waals surface area contributed by atoms with E-state index in [0.29, 0.717) is 12.4 Å². The number of carbonyl (C=O) groups is 2. The molecule has 0 spiro atoms. The second-order valence-corrected chi connectivity index (χ2v) is 5.95. The summed E-state index contributed by atoms with van der Waals surface area (Å²) in [6.45, 7) is 2.06. The Morgan fingerprint density at radius 3 is 2.50 bits per heavy atom. The van der Waals surface area contributed by atoms with Gasteiger partial charge >= 0.3 is 5.97 Å². The fourth-order valence-corrected chi connectivity index (χ4v) is 2.49. The molecule has 0 aliphatic heterocycles. The van der Waals surface area contributed by atoms with Crippen molar-refractivity contribution < 1.29 is 28.2 Å². The maximum Gasteiger partial charge on any atom is 0.305 e. The molecule has 28 heavy (non-hydrogen) atoms. The predicted octanol–water partition coefficient (Wildman–Crippen LogP) is 3.88. The topological polar surface area (TPSA) is 66.8 Å². The quantitative estimate of drug-likeness (QED) is 0.661.